The Labute approximate surface area is 180 Å². The maximum atomic E-state index is 12.6. The highest BCUT2D eigenvalue weighted by atomic mass is 16.5. The summed E-state index contributed by atoms with van der Waals surface area (Å²) in [5.74, 6) is -1.10. The van der Waals surface area contributed by atoms with Gasteiger partial charge in [0, 0.05) is 5.92 Å². The fourth-order valence-corrected chi connectivity index (χ4v) is 3.98. The number of ether oxygens (including phenoxy) is 1. The summed E-state index contributed by atoms with van der Waals surface area (Å²) in [4.78, 5) is 27.8. The third-order valence-electron chi connectivity index (χ3n) is 5.84. The first-order valence-corrected chi connectivity index (χ1v) is 10.3. The number of nitrogens with zero attached hydrogens (tertiary/aromatic N) is 1. The Balaban J connectivity index is 1.48. The molecular formula is C24H24N2O5. The molecule has 0 radical (unpaired) electrons. The quantitative estimate of drug-likeness (QED) is 0.558. The van der Waals surface area contributed by atoms with Gasteiger partial charge >= 0.3 is 12.1 Å². The molecule has 0 aliphatic heterocycles. The lowest BCUT2D eigenvalue weighted by Crippen LogP contribution is -2.34. The SMILES string of the molecule is CCC(C)C(NC(=O)OCC1c2ccccc2-c2ccccc21)c1nc(C(=O)O)co1. The van der Waals surface area contributed by atoms with Crippen LogP contribution in [0.1, 0.15) is 59.7 Å². The number of aromatic carboxylic acids is 1. The fourth-order valence-electron chi connectivity index (χ4n) is 3.98. The smallest absolute Gasteiger partial charge is 0.407 e. The van der Waals surface area contributed by atoms with Crippen molar-refractivity contribution in [3.63, 3.8) is 0 Å². The van der Waals surface area contributed by atoms with Crippen LogP contribution in [0.25, 0.3) is 11.1 Å². The molecule has 7 heteroatoms. The fraction of sp³-hybridized carbons (Fsp3) is 0.292. The third-order valence-corrected chi connectivity index (χ3v) is 5.84. The van der Waals surface area contributed by atoms with E-state index in [1.807, 2.05) is 38.1 Å². The van der Waals surface area contributed by atoms with Crippen molar-refractivity contribution in [3.8, 4) is 11.1 Å². The molecule has 1 amide bonds. The Hall–Kier alpha value is -3.61. The van der Waals surface area contributed by atoms with Crippen molar-refractivity contribution in [1.82, 2.24) is 10.3 Å². The number of carboxylic acids is 1. The lowest BCUT2D eigenvalue weighted by Gasteiger charge is -2.22. The number of benzene rings is 2. The average Bonchev–Trinajstić information content (AvgIpc) is 3.39. The topological polar surface area (TPSA) is 102 Å². The largest absolute Gasteiger partial charge is 0.476 e. The second-order valence-corrected chi connectivity index (χ2v) is 7.71. The minimum Gasteiger partial charge on any atom is -0.476 e. The van der Waals surface area contributed by atoms with Crippen LogP contribution in [-0.2, 0) is 4.74 Å². The van der Waals surface area contributed by atoms with Crippen LogP contribution < -0.4 is 5.32 Å². The van der Waals surface area contributed by atoms with Crippen molar-refractivity contribution in [1.29, 1.82) is 0 Å². The number of fused-ring (bicyclic) bond motifs is 3. The zero-order valence-corrected chi connectivity index (χ0v) is 17.4. The van der Waals surface area contributed by atoms with Gasteiger partial charge in [0.2, 0.25) is 5.89 Å². The Morgan fingerprint density at radius 3 is 2.29 bits per heavy atom. The number of rotatable bonds is 7. The van der Waals surface area contributed by atoms with Gasteiger partial charge in [0.25, 0.3) is 0 Å². The number of carboxylic acid groups (broad SMARTS) is 1. The van der Waals surface area contributed by atoms with E-state index in [1.54, 1.807) is 0 Å². The number of nitrogens with one attached hydrogen (secondary N) is 1. The van der Waals surface area contributed by atoms with Crippen LogP contribution in [0.4, 0.5) is 4.79 Å². The van der Waals surface area contributed by atoms with Crippen molar-refractivity contribution < 1.29 is 23.8 Å². The highest BCUT2D eigenvalue weighted by Crippen LogP contribution is 2.44. The highest BCUT2D eigenvalue weighted by molar-refractivity contribution is 5.84. The molecule has 1 aliphatic rings. The van der Waals surface area contributed by atoms with Gasteiger partial charge in [-0.2, -0.15) is 0 Å². The summed E-state index contributed by atoms with van der Waals surface area (Å²) in [5, 5.41) is 11.9. The van der Waals surface area contributed by atoms with Crippen LogP contribution in [-0.4, -0.2) is 28.8 Å². The van der Waals surface area contributed by atoms with E-state index < -0.39 is 18.1 Å². The maximum absolute atomic E-state index is 12.6. The van der Waals surface area contributed by atoms with Gasteiger partial charge in [-0.3, -0.25) is 0 Å². The summed E-state index contributed by atoms with van der Waals surface area (Å²) in [7, 11) is 0. The number of oxazole rings is 1. The molecule has 2 aromatic carbocycles. The molecule has 1 aromatic heterocycles. The predicted octanol–water partition coefficient (Wildman–Crippen LogP) is 5.00. The van der Waals surface area contributed by atoms with Crippen LogP contribution in [0.2, 0.25) is 0 Å². The molecule has 160 valence electrons. The van der Waals surface area contributed by atoms with E-state index in [4.69, 9.17) is 14.3 Å². The summed E-state index contributed by atoms with van der Waals surface area (Å²) in [5.41, 5.74) is 4.39. The second-order valence-electron chi connectivity index (χ2n) is 7.71. The lowest BCUT2D eigenvalue weighted by molar-refractivity contribution is 0.0690. The zero-order valence-electron chi connectivity index (χ0n) is 17.4. The first-order valence-electron chi connectivity index (χ1n) is 10.3. The van der Waals surface area contributed by atoms with Crippen LogP contribution in [0, 0.1) is 5.92 Å². The summed E-state index contributed by atoms with van der Waals surface area (Å²) < 4.78 is 10.9. The summed E-state index contributed by atoms with van der Waals surface area (Å²) in [6.45, 7) is 4.09. The van der Waals surface area contributed by atoms with Crippen LogP contribution in [0.15, 0.2) is 59.2 Å². The van der Waals surface area contributed by atoms with Crippen LogP contribution in [0.5, 0.6) is 0 Å². The van der Waals surface area contributed by atoms with Crippen molar-refractivity contribution in [2.24, 2.45) is 5.92 Å². The molecule has 2 atom stereocenters. The van der Waals surface area contributed by atoms with Gasteiger partial charge in [-0.15, -0.1) is 0 Å². The standard InChI is InChI=1S/C24H24N2O5/c1-3-14(2)21(22-25-20(13-30-22)23(27)28)26-24(29)31-12-19-17-10-6-4-8-15(17)16-9-5-7-11-18(16)19/h4-11,13-14,19,21H,3,12H2,1-2H3,(H,26,29)(H,27,28). The van der Waals surface area contributed by atoms with Gasteiger partial charge < -0.3 is 19.6 Å². The predicted molar refractivity (Wildman–Crippen MR) is 114 cm³/mol. The molecule has 2 unspecified atom stereocenters. The average molecular weight is 420 g/mol. The van der Waals surface area contributed by atoms with Crippen molar-refractivity contribution in [2.45, 2.75) is 32.2 Å². The van der Waals surface area contributed by atoms with Crippen LogP contribution >= 0.6 is 0 Å². The van der Waals surface area contributed by atoms with E-state index >= 15 is 0 Å². The zero-order chi connectivity index (χ0) is 22.0. The van der Waals surface area contributed by atoms with Gasteiger partial charge in [-0.1, -0.05) is 68.8 Å². The molecule has 0 fully saturated rings. The number of alkyl carbamates (subject to hydrolysis) is 1. The van der Waals surface area contributed by atoms with Crippen molar-refractivity contribution in [3.05, 3.63) is 77.5 Å². The molecule has 7 nitrogen and oxygen atoms in total. The normalized spacial score (nSPS) is 14.4. The lowest BCUT2D eigenvalue weighted by atomic mass is 9.98. The van der Waals surface area contributed by atoms with Gasteiger partial charge in [0.05, 0.1) is 0 Å². The Kier molecular flexibility index (Phi) is 5.75. The Morgan fingerprint density at radius 1 is 1.13 bits per heavy atom. The number of hydrogen-bond donors (Lipinski definition) is 2. The van der Waals surface area contributed by atoms with E-state index in [0.29, 0.717) is 0 Å². The first kappa shape index (κ1) is 20.7. The molecule has 2 N–H and O–H groups in total. The first-order chi connectivity index (χ1) is 15.0. The molecule has 31 heavy (non-hydrogen) atoms. The monoisotopic (exact) mass is 420 g/mol. The number of carbonyl (C=O) groups is 2. The van der Waals surface area contributed by atoms with E-state index in [-0.39, 0.29) is 30.0 Å². The van der Waals surface area contributed by atoms with E-state index in [9.17, 15) is 9.59 Å². The van der Waals surface area contributed by atoms with Crippen molar-refractivity contribution >= 4 is 12.1 Å². The third kappa shape index (κ3) is 4.03. The van der Waals surface area contributed by atoms with Crippen molar-refractivity contribution in [2.75, 3.05) is 6.61 Å². The Morgan fingerprint density at radius 2 is 1.74 bits per heavy atom. The van der Waals surface area contributed by atoms with E-state index in [2.05, 4.69) is 34.6 Å². The van der Waals surface area contributed by atoms with E-state index in [1.165, 1.54) is 0 Å². The summed E-state index contributed by atoms with van der Waals surface area (Å²) in [6, 6.07) is 15.7. The summed E-state index contributed by atoms with van der Waals surface area (Å²) in [6.07, 6.45) is 1.22. The molecular weight excluding hydrogens is 396 g/mol. The summed E-state index contributed by atoms with van der Waals surface area (Å²) >= 11 is 0. The van der Waals surface area contributed by atoms with Gasteiger partial charge in [-0.25, -0.2) is 14.6 Å². The highest BCUT2D eigenvalue weighted by Gasteiger charge is 2.30. The van der Waals surface area contributed by atoms with Crippen LogP contribution in [0.3, 0.4) is 0 Å². The van der Waals surface area contributed by atoms with Gasteiger partial charge in [-0.05, 0) is 28.2 Å². The molecule has 0 saturated carbocycles. The second kappa shape index (κ2) is 8.63. The van der Waals surface area contributed by atoms with Gasteiger partial charge in [0.15, 0.2) is 5.69 Å². The molecule has 1 aliphatic carbocycles. The number of hydrogen-bond acceptors (Lipinski definition) is 5. The number of aromatic nitrogens is 1. The minimum absolute atomic E-state index is 0.0271. The minimum atomic E-state index is -1.18. The van der Waals surface area contributed by atoms with E-state index in [0.717, 1.165) is 34.9 Å². The number of carbonyl (C=O) groups excluding carboxylic acids is 1. The molecule has 1 heterocycles. The van der Waals surface area contributed by atoms with Gasteiger partial charge in [0.1, 0.15) is 18.9 Å². The molecule has 3 aromatic rings. The molecule has 0 bridgehead atoms. The molecule has 0 saturated heterocycles. The number of amides is 1. The molecule has 4 rings (SSSR count). The molecule has 0 spiro atoms. The Bertz CT molecular complexity index is 1060. The maximum Gasteiger partial charge on any atom is 0.407 e.